The van der Waals surface area contributed by atoms with Gasteiger partial charge < -0.3 is 19.7 Å². The smallest absolute Gasteiger partial charge is 0.408 e. The van der Waals surface area contributed by atoms with Crippen molar-refractivity contribution in [3.63, 3.8) is 0 Å². The van der Waals surface area contributed by atoms with E-state index >= 15 is 0 Å². The highest BCUT2D eigenvalue weighted by molar-refractivity contribution is 7.91. The molecule has 0 saturated heterocycles. The van der Waals surface area contributed by atoms with Gasteiger partial charge in [-0.2, -0.15) is 0 Å². The molecule has 1 aliphatic heterocycles. The number of hydrogen-bond donors (Lipinski definition) is 1. The predicted molar refractivity (Wildman–Crippen MR) is 142 cm³/mol. The topological polar surface area (TPSA) is 119 Å². The number of carbonyl (C=O) groups excluding carboxylic acids is 3. The van der Waals surface area contributed by atoms with Crippen LogP contribution in [0.25, 0.3) is 0 Å². The molecule has 4 rings (SSSR count). The Morgan fingerprint density at radius 3 is 2.45 bits per heavy atom. The molecule has 1 heterocycles. The Kier molecular flexibility index (Phi) is 7.94. The summed E-state index contributed by atoms with van der Waals surface area (Å²) in [5.41, 5.74) is -0.223. The number of nitrogens with zero attached hydrogens (tertiary/aromatic N) is 1. The van der Waals surface area contributed by atoms with E-state index in [0.29, 0.717) is 11.3 Å². The highest BCUT2D eigenvalue weighted by Gasteiger charge is 2.46. The van der Waals surface area contributed by atoms with Gasteiger partial charge in [0.15, 0.2) is 15.6 Å². The monoisotopic (exact) mass is 578 g/mol. The zero-order valence-corrected chi connectivity index (χ0v) is 23.5. The number of alkyl halides is 2. The summed E-state index contributed by atoms with van der Waals surface area (Å²) in [4.78, 5) is 40.3. The third-order valence-electron chi connectivity index (χ3n) is 6.67. The molecule has 216 valence electrons. The predicted octanol–water partition coefficient (Wildman–Crippen LogP) is 4.53. The Bertz CT molecular complexity index is 1430. The van der Waals surface area contributed by atoms with Crippen LogP contribution in [0.15, 0.2) is 47.4 Å². The van der Waals surface area contributed by atoms with Crippen LogP contribution in [0.3, 0.4) is 0 Å². The first kappa shape index (κ1) is 29.4. The van der Waals surface area contributed by atoms with Crippen LogP contribution >= 0.6 is 0 Å². The highest BCUT2D eigenvalue weighted by Crippen LogP contribution is 2.44. The number of benzene rings is 2. The van der Waals surface area contributed by atoms with Crippen LogP contribution in [0.5, 0.6) is 5.75 Å². The third-order valence-corrected chi connectivity index (χ3v) is 8.46. The van der Waals surface area contributed by atoms with E-state index in [-0.39, 0.29) is 42.0 Å². The summed E-state index contributed by atoms with van der Waals surface area (Å²) in [7, 11) is -2.65. The Balaban J connectivity index is 1.73. The van der Waals surface area contributed by atoms with Gasteiger partial charge in [-0.25, -0.2) is 22.0 Å². The lowest BCUT2D eigenvalue weighted by atomic mass is 9.77. The molecule has 2 aliphatic rings. The largest absolute Gasteiger partial charge is 0.497 e. The van der Waals surface area contributed by atoms with E-state index in [4.69, 9.17) is 9.47 Å². The van der Waals surface area contributed by atoms with Crippen LogP contribution in [-0.4, -0.2) is 56.6 Å². The molecule has 0 spiro atoms. The van der Waals surface area contributed by atoms with E-state index in [9.17, 15) is 31.6 Å². The van der Waals surface area contributed by atoms with Gasteiger partial charge in [-0.05, 0) is 62.6 Å². The van der Waals surface area contributed by atoms with Gasteiger partial charge >= 0.3 is 6.09 Å². The van der Waals surface area contributed by atoms with Gasteiger partial charge in [0.1, 0.15) is 17.4 Å². The molecule has 1 aliphatic carbocycles. The van der Waals surface area contributed by atoms with Gasteiger partial charge in [0.05, 0.1) is 30.0 Å². The fourth-order valence-electron chi connectivity index (χ4n) is 4.83. The summed E-state index contributed by atoms with van der Waals surface area (Å²) in [6.07, 6.45) is -1.83. The number of ether oxygens (including phenoxy) is 2. The average Bonchev–Trinajstić information content (AvgIpc) is 2.90. The second kappa shape index (κ2) is 10.8. The normalized spacial score (nSPS) is 20.1. The number of amides is 2. The van der Waals surface area contributed by atoms with E-state index in [2.05, 4.69) is 5.32 Å². The highest BCUT2D eigenvalue weighted by atomic mass is 32.2. The molecule has 1 saturated carbocycles. The molecule has 2 aromatic rings. The van der Waals surface area contributed by atoms with Crippen molar-refractivity contribution < 1.29 is 41.1 Å². The lowest BCUT2D eigenvalue weighted by Gasteiger charge is -2.34. The fourth-order valence-corrected chi connectivity index (χ4v) is 6.44. The average molecular weight is 579 g/mol. The summed E-state index contributed by atoms with van der Waals surface area (Å²) in [6.45, 7) is 4.79. The maximum atomic E-state index is 13.8. The first-order valence-corrected chi connectivity index (χ1v) is 14.4. The van der Waals surface area contributed by atoms with Crippen LogP contribution < -0.4 is 15.0 Å². The SMILES string of the molecule is COc1cccc(CN2C(=O)[C@@H](NC(=O)OC(C)(C)C)CS(=O)(=O)c3ccc(C(=O)CC4CC(F)(F)C4)cc32)c1. The number of hydrogen-bond acceptors (Lipinski definition) is 7. The van der Waals surface area contributed by atoms with E-state index in [1.165, 1.54) is 30.2 Å². The number of anilines is 1. The molecule has 1 fully saturated rings. The van der Waals surface area contributed by atoms with Gasteiger partial charge in [-0.3, -0.25) is 9.59 Å². The first-order valence-electron chi connectivity index (χ1n) is 12.8. The molecular formula is C28H32F2N2O7S. The summed E-state index contributed by atoms with van der Waals surface area (Å²) >= 11 is 0. The van der Waals surface area contributed by atoms with Crippen molar-refractivity contribution in [2.24, 2.45) is 5.92 Å². The molecule has 1 atom stereocenters. The summed E-state index contributed by atoms with van der Waals surface area (Å²) in [6, 6.07) is 9.21. The number of nitrogens with one attached hydrogen (secondary N) is 1. The van der Waals surface area contributed by atoms with E-state index < -0.39 is 56.9 Å². The fraction of sp³-hybridized carbons (Fsp3) is 0.464. The lowest BCUT2D eigenvalue weighted by Crippen LogP contribution is -2.51. The van der Waals surface area contributed by atoms with Crippen molar-refractivity contribution in [2.75, 3.05) is 17.8 Å². The van der Waals surface area contributed by atoms with Crippen molar-refractivity contribution in [3.8, 4) is 5.75 Å². The molecule has 0 radical (unpaired) electrons. The van der Waals surface area contributed by atoms with Crippen LogP contribution in [0.1, 0.15) is 56.0 Å². The van der Waals surface area contributed by atoms with Crippen LogP contribution in [-0.2, 0) is 25.9 Å². The van der Waals surface area contributed by atoms with Crippen molar-refractivity contribution in [1.82, 2.24) is 5.32 Å². The van der Waals surface area contributed by atoms with Crippen LogP contribution in [0.2, 0.25) is 0 Å². The van der Waals surface area contributed by atoms with Gasteiger partial charge in [-0.15, -0.1) is 0 Å². The molecule has 40 heavy (non-hydrogen) atoms. The summed E-state index contributed by atoms with van der Waals surface area (Å²) in [5, 5.41) is 2.39. The molecule has 2 amide bonds. The maximum absolute atomic E-state index is 13.8. The number of halogens is 2. The molecule has 0 unspecified atom stereocenters. The van der Waals surface area contributed by atoms with Gasteiger partial charge in [0, 0.05) is 24.8 Å². The number of alkyl carbamates (subject to hydrolysis) is 1. The molecule has 2 aromatic carbocycles. The van der Waals surface area contributed by atoms with E-state index in [0.717, 1.165) is 0 Å². The number of sulfone groups is 1. The Labute approximate surface area is 231 Å². The minimum Gasteiger partial charge on any atom is -0.497 e. The number of fused-ring (bicyclic) bond motifs is 1. The Morgan fingerprint density at radius 1 is 1.12 bits per heavy atom. The van der Waals surface area contributed by atoms with Gasteiger partial charge in [-0.1, -0.05) is 12.1 Å². The molecule has 9 nitrogen and oxygen atoms in total. The number of carbonyl (C=O) groups is 3. The van der Waals surface area contributed by atoms with E-state index in [1.54, 1.807) is 45.0 Å². The summed E-state index contributed by atoms with van der Waals surface area (Å²) in [5.74, 6) is -4.61. The molecule has 1 N–H and O–H groups in total. The number of methoxy groups -OCH3 is 1. The zero-order chi connectivity index (χ0) is 29.5. The molecular weight excluding hydrogens is 546 g/mol. The third kappa shape index (κ3) is 6.78. The summed E-state index contributed by atoms with van der Waals surface area (Å²) < 4.78 is 64.0. The van der Waals surface area contributed by atoms with Gasteiger partial charge in [0.2, 0.25) is 5.92 Å². The molecule has 12 heteroatoms. The quantitative estimate of drug-likeness (QED) is 0.480. The number of ketones is 1. The van der Waals surface area contributed by atoms with Gasteiger partial charge in [0.25, 0.3) is 5.91 Å². The number of Topliss-reactive ketones (excluding diaryl/α,β-unsaturated/α-hetero) is 1. The lowest BCUT2D eigenvalue weighted by molar-refractivity contribution is -0.120. The molecule has 0 aromatic heterocycles. The van der Waals surface area contributed by atoms with Crippen LogP contribution in [0.4, 0.5) is 19.3 Å². The van der Waals surface area contributed by atoms with Crippen molar-refractivity contribution in [2.45, 2.75) is 69.0 Å². The minimum atomic E-state index is -4.13. The minimum absolute atomic E-state index is 0.0360. The Hall–Kier alpha value is -3.54. The van der Waals surface area contributed by atoms with E-state index in [1.807, 2.05) is 0 Å². The maximum Gasteiger partial charge on any atom is 0.408 e. The standard InChI is InChI=1S/C28H32F2N2O7S/c1-27(2,3)39-26(35)31-21-16-40(36,37)24-9-8-19(23(33)11-18-13-28(29,30)14-18)12-22(24)32(25(21)34)15-17-6-5-7-20(10-17)38-4/h5-10,12,18,21H,11,13-16H2,1-4H3,(H,31,35)/t21-/m0/s1. The Morgan fingerprint density at radius 2 is 1.82 bits per heavy atom. The van der Waals surface area contributed by atoms with Crippen molar-refractivity contribution in [1.29, 1.82) is 0 Å². The second-order valence-corrected chi connectivity index (χ2v) is 13.2. The molecule has 0 bridgehead atoms. The van der Waals surface area contributed by atoms with Crippen LogP contribution in [0, 0.1) is 5.92 Å². The first-order chi connectivity index (χ1) is 18.6. The second-order valence-electron chi connectivity index (χ2n) is 11.2. The van der Waals surface area contributed by atoms with Crippen molar-refractivity contribution in [3.05, 3.63) is 53.6 Å². The zero-order valence-electron chi connectivity index (χ0n) is 22.7. The number of rotatable bonds is 7. The van der Waals surface area contributed by atoms with Crippen molar-refractivity contribution >= 4 is 33.3 Å².